The Bertz CT molecular complexity index is 863. The molecule has 2 atom stereocenters. The molecule has 2 aromatic rings. The van der Waals surface area contributed by atoms with Gasteiger partial charge < -0.3 is 25.4 Å². The van der Waals surface area contributed by atoms with Crippen LogP contribution in [-0.2, 0) is 18.4 Å². The van der Waals surface area contributed by atoms with E-state index in [9.17, 15) is 18.7 Å². The molecule has 4 N–H and O–H groups in total. The van der Waals surface area contributed by atoms with Gasteiger partial charge >= 0.3 is 6.09 Å². The molecule has 1 fully saturated rings. The molecule has 1 heterocycles. The van der Waals surface area contributed by atoms with Crippen molar-refractivity contribution in [2.45, 2.75) is 57.2 Å². The van der Waals surface area contributed by atoms with Crippen LogP contribution in [0.1, 0.15) is 43.7 Å². The summed E-state index contributed by atoms with van der Waals surface area (Å²) in [5.74, 6) is -0.374. The Morgan fingerprint density at radius 2 is 1.87 bits per heavy atom. The minimum absolute atomic E-state index is 0.0579. The molecule has 0 saturated heterocycles. The van der Waals surface area contributed by atoms with E-state index in [2.05, 4.69) is 29.6 Å². The quantitative estimate of drug-likeness (QED) is 0.468. The van der Waals surface area contributed by atoms with Gasteiger partial charge in [-0.15, -0.1) is 0 Å². The van der Waals surface area contributed by atoms with Crippen LogP contribution in [0.3, 0.4) is 0 Å². The summed E-state index contributed by atoms with van der Waals surface area (Å²) in [5.41, 5.74) is 0.689. The lowest BCUT2D eigenvalue weighted by Gasteiger charge is -2.25. The van der Waals surface area contributed by atoms with Crippen molar-refractivity contribution in [2.24, 2.45) is 5.92 Å². The molecule has 0 aliphatic heterocycles. The number of aliphatic hydroxyl groups is 1. The number of carbonyl (C=O) groups is 1. The number of hydrogen-bond donors (Lipinski definition) is 4. The summed E-state index contributed by atoms with van der Waals surface area (Å²) in [4.78, 5) is 11.1. The van der Waals surface area contributed by atoms with E-state index in [1.165, 1.54) is 0 Å². The van der Waals surface area contributed by atoms with Crippen molar-refractivity contribution in [1.82, 2.24) is 15.8 Å². The summed E-state index contributed by atoms with van der Waals surface area (Å²) in [5, 5.41) is 29.3. The van der Waals surface area contributed by atoms with Crippen molar-refractivity contribution in [1.29, 1.82) is 0 Å². The van der Waals surface area contributed by atoms with Crippen molar-refractivity contribution in [3.05, 3.63) is 52.9 Å². The van der Waals surface area contributed by atoms with Gasteiger partial charge in [0.05, 0.1) is 23.4 Å². The van der Waals surface area contributed by atoms with Crippen molar-refractivity contribution in [2.75, 3.05) is 6.54 Å². The monoisotopic (exact) mass is 423 g/mol. The molecule has 30 heavy (non-hydrogen) atoms. The zero-order valence-corrected chi connectivity index (χ0v) is 17.0. The van der Waals surface area contributed by atoms with Crippen LogP contribution < -0.4 is 10.6 Å². The largest absolute Gasteiger partial charge is 0.465 e. The van der Waals surface area contributed by atoms with Crippen LogP contribution in [0.4, 0.5) is 13.6 Å². The highest BCUT2D eigenvalue weighted by atomic mass is 19.1. The predicted octanol–water partition coefficient (Wildman–Crippen LogP) is 2.97. The third-order valence-electron chi connectivity index (χ3n) is 5.20. The molecule has 9 heteroatoms. The number of nitrogens with one attached hydrogen (secondary N) is 2. The maximum atomic E-state index is 13.5. The van der Waals surface area contributed by atoms with Crippen molar-refractivity contribution >= 4 is 6.09 Å². The summed E-state index contributed by atoms with van der Waals surface area (Å²) >= 11 is 0. The highest BCUT2D eigenvalue weighted by Crippen LogP contribution is 2.45. The Hall–Kier alpha value is -2.52. The lowest BCUT2D eigenvalue weighted by atomic mass is 10.0. The average molecular weight is 423 g/mol. The summed E-state index contributed by atoms with van der Waals surface area (Å²) in [6.07, 6.45) is -0.0903. The van der Waals surface area contributed by atoms with Gasteiger partial charge in [-0.3, -0.25) is 0 Å². The lowest BCUT2D eigenvalue weighted by molar-refractivity contribution is 0.112. The molecule has 1 amide bonds. The smallest absolute Gasteiger partial charge is 0.404 e. The van der Waals surface area contributed by atoms with E-state index < -0.39 is 35.4 Å². The number of aromatic nitrogens is 1. The number of aliphatic hydroxyl groups excluding tert-OH is 1. The summed E-state index contributed by atoms with van der Waals surface area (Å²) in [7, 11) is 0. The first-order chi connectivity index (χ1) is 14.2. The fraction of sp³-hybridized carbons (Fsp3) is 0.524. The molecule has 1 saturated carbocycles. The van der Waals surface area contributed by atoms with Crippen molar-refractivity contribution in [3.8, 4) is 0 Å². The molecule has 3 rings (SSSR count). The number of amides is 1. The minimum Gasteiger partial charge on any atom is -0.465 e. The number of rotatable bonds is 10. The Kier molecular flexibility index (Phi) is 6.72. The fourth-order valence-corrected chi connectivity index (χ4v) is 3.55. The third-order valence-corrected chi connectivity index (χ3v) is 5.20. The van der Waals surface area contributed by atoms with Gasteiger partial charge in [0.25, 0.3) is 0 Å². The highest BCUT2D eigenvalue weighted by molar-refractivity contribution is 5.65. The second-order valence-corrected chi connectivity index (χ2v) is 8.35. The van der Waals surface area contributed by atoms with E-state index in [0.29, 0.717) is 11.7 Å². The highest BCUT2D eigenvalue weighted by Gasteiger charge is 2.48. The van der Waals surface area contributed by atoms with Crippen LogP contribution in [0.2, 0.25) is 0 Å². The first-order valence-electron chi connectivity index (χ1n) is 10.0. The Morgan fingerprint density at radius 3 is 2.43 bits per heavy atom. The molecular weight excluding hydrogens is 396 g/mol. The van der Waals surface area contributed by atoms with E-state index >= 15 is 0 Å². The molecule has 1 aliphatic carbocycles. The van der Waals surface area contributed by atoms with Gasteiger partial charge in [-0.1, -0.05) is 19.0 Å². The zero-order valence-electron chi connectivity index (χ0n) is 17.0. The summed E-state index contributed by atoms with van der Waals surface area (Å²) in [6, 6.07) is 3.94. The van der Waals surface area contributed by atoms with E-state index in [1.54, 1.807) is 0 Å². The molecule has 0 radical (unpaired) electrons. The van der Waals surface area contributed by atoms with Crippen LogP contribution in [0.25, 0.3) is 0 Å². The number of nitrogens with zero attached hydrogens (tertiary/aromatic N) is 1. The van der Waals surface area contributed by atoms with E-state index in [-0.39, 0.29) is 18.5 Å². The Morgan fingerprint density at radius 1 is 1.20 bits per heavy atom. The van der Waals surface area contributed by atoms with Crippen LogP contribution >= 0.6 is 0 Å². The van der Waals surface area contributed by atoms with Gasteiger partial charge in [0, 0.05) is 18.7 Å². The second kappa shape index (κ2) is 9.09. The first-order valence-corrected chi connectivity index (χ1v) is 10.0. The third kappa shape index (κ3) is 5.76. The molecule has 0 spiro atoms. The van der Waals surface area contributed by atoms with Crippen LogP contribution in [-0.4, -0.2) is 40.2 Å². The van der Waals surface area contributed by atoms with Gasteiger partial charge in [-0.2, -0.15) is 0 Å². The Labute approximate surface area is 173 Å². The van der Waals surface area contributed by atoms with Crippen LogP contribution in [0, 0.1) is 17.6 Å². The van der Waals surface area contributed by atoms with E-state index in [1.807, 2.05) is 6.07 Å². The van der Waals surface area contributed by atoms with Crippen molar-refractivity contribution in [3.63, 3.8) is 0 Å². The van der Waals surface area contributed by atoms with E-state index in [0.717, 1.165) is 43.2 Å². The summed E-state index contributed by atoms with van der Waals surface area (Å²) < 4.78 is 32.4. The molecule has 7 nitrogen and oxygen atoms in total. The van der Waals surface area contributed by atoms with Gasteiger partial charge in [0.1, 0.15) is 11.6 Å². The number of carboxylic acid groups (broad SMARTS) is 1. The average Bonchev–Trinajstić information content (AvgIpc) is 3.28. The fourth-order valence-electron chi connectivity index (χ4n) is 3.55. The molecular formula is C21H27F2N3O4. The standard InChI is InChI=1S/C21H27F2N3O4/c1-12(2)5-16-10-19(30-26-16)21(3-4-21)24-11-18(27)17(25-20(28)29)8-13-6-14(22)9-15(23)7-13/h6-7,9-10,12,17-18,24-25,27H,3-5,8,11H2,1-2H3,(H,28,29)/t17-,18-/m0/s1. The van der Waals surface area contributed by atoms with E-state index in [4.69, 9.17) is 9.63 Å². The molecule has 0 unspecified atom stereocenters. The maximum absolute atomic E-state index is 13.5. The number of halogens is 2. The van der Waals surface area contributed by atoms with Gasteiger partial charge in [-0.25, -0.2) is 13.6 Å². The number of benzene rings is 1. The molecule has 1 aromatic carbocycles. The zero-order chi connectivity index (χ0) is 21.9. The molecule has 1 aliphatic rings. The van der Waals surface area contributed by atoms with Gasteiger partial charge in [-0.05, 0) is 49.3 Å². The van der Waals surface area contributed by atoms with Crippen molar-refractivity contribution < 1.29 is 28.3 Å². The normalized spacial score (nSPS) is 17.0. The number of hydrogen-bond acceptors (Lipinski definition) is 5. The van der Waals surface area contributed by atoms with Gasteiger partial charge in [0.15, 0.2) is 5.76 Å². The predicted molar refractivity (Wildman–Crippen MR) is 105 cm³/mol. The maximum Gasteiger partial charge on any atom is 0.404 e. The topological polar surface area (TPSA) is 108 Å². The van der Waals surface area contributed by atoms with Crippen LogP contribution in [0.5, 0.6) is 0 Å². The van der Waals surface area contributed by atoms with Gasteiger partial charge in [0.2, 0.25) is 0 Å². The second-order valence-electron chi connectivity index (χ2n) is 8.35. The van der Waals surface area contributed by atoms with Crippen LogP contribution in [0.15, 0.2) is 28.8 Å². The first kappa shape index (κ1) is 22.2. The molecule has 1 aromatic heterocycles. The molecule has 164 valence electrons. The lowest BCUT2D eigenvalue weighted by Crippen LogP contribution is -2.49. The SMILES string of the molecule is CC(C)Cc1cc(C2(NC[C@H](O)[C@H](Cc3cc(F)cc(F)c3)NC(=O)O)CC2)on1. The minimum atomic E-state index is -1.33. The Balaban J connectivity index is 1.64. The summed E-state index contributed by atoms with van der Waals surface area (Å²) in [6.45, 7) is 4.26. The molecule has 0 bridgehead atoms.